The van der Waals surface area contributed by atoms with Crippen molar-refractivity contribution in [3.8, 4) is 0 Å². The average molecular weight is 346 g/mol. The van der Waals surface area contributed by atoms with Crippen LogP contribution in [0.25, 0.3) is 5.76 Å². The number of hydrogen-bond acceptors (Lipinski definition) is 4. The van der Waals surface area contributed by atoms with Crippen molar-refractivity contribution >= 4 is 17.2 Å². The molecule has 5 heteroatoms. The summed E-state index contributed by atoms with van der Waals surface area (Å²) < 4.78 is 13.0. The number of allylic oxidation sites excluding steroid dienone is 1. The van der Waals surface area contributed by atoms with Crippen LogP contribution in [0.4, 0.5) is 10.1 Å². The fourth-order valence-corrected chi connectivity index (χ4v) is 2.27. The van der Waals surface area contributed by atoms with Crippen LogP contribution >= 0.6 is 0 Å². The Kier molecular flexibility index (Phi) is 5.29. The lowest BCUT2D eigenvalue weighted by Crippen LogP contribution is -2.04. The molecular weight excluding hydrogens is 331 g/mol. The number of ketones is 1. The highest BCUT2D eigenvalue weighted by Gasteiger charge is 2.18. The van der Waals surface area contributed by atoms with E-state index in [4.69, 9.17) is 0 Å². The summed E-state index contributed by atoms with van der Waals surface area (Å²) in [6.45, 7) is 0. The van der Waals surface area contributed by atoms with E-state index in [-0.39, 0.29) is 11.5 Å². The van der Waals surface area contributed by atoms with Gasteiger partial charge in [-0.3, -0.25) is 4.79 Å². The van der Waals surface area contributed by atoms with Gasteiger partial charge in [0, 0.05) is 11.1 Å². The van der Waals surface area contributed by atoms with Crippen molar-refractivity contribution in [3.05, 3.63) is 108 Å². The van der Waals surface area contributed by atoms with Crippen LogP contribution in [-0.4, -0.2) is 10.9 Å². The van der Waals surface area contributed by atoms with E-state index in [1.807, 2.05) is 0 Å². The lowest BCUT2D eigenvalue weighted by molar-refractivity contribution is 0.103. The molecule has 0 aliphatic rings. The predicted octanol–water partition coefficient (Wildman–Crippen LogP) is 5.72. The van der Waals surface area contributed by atoms with E-state index in [0.717, 1.165) is 0 Å². The Morgan fingerprint density at radius 2 is 1.31 bits per heavy atom. The molecule has 128 valence electrons. The Balaban J connectivity index is 2.04. The Labute approximate surface area is 150 Å². The summed E-state index contributed by atoms with van der Waals surface area (Å²) in [7, 11) is 0. The number of hydrogen-bond donors (Lipinski definition) is 1. The molecule has 4 nitrogen and oxygen atoms in total. The van der Waals surface area contributed by atoms with Crippen LogP contribution in [0, 0.1) is 5.82 Å². The van der Waals surface area contributed by atoms with Crippen LogP contribution in [0.2, 0.25) is 0 Å². The Bertz CT molecular complexity index is 950. The monoisotopic (exact) mass is 346 g/mol. The maximum atomic E-state index is 13.0. The quantitative estimate of drug-likeness (QED) is 0.278. The van der Waals surface area contributed by atoms with Crippen molar-refractivity contribution in [3.63, 3.8) is 0 Å². The minimum atomic E-state index is -0.460. The zero-order valence-electron chi connectivity index (χ0n) is 13.7. The SMILES string of the molecule is O=C(/C(N=Nc1ccc(F)cc1)=C(/O)c1ccccc1)c1ccccc1. The van der Waals surface area contributed by atoms with E-state index in [1.54, 1.807) is 60.7 Å². The molecule has 0 saturated carbocycles. The van der Waals surface area contributed by atoms with Crippen LogP contribution in [0.15, 0.2) is 101 Å². The first-order chi connectivity index (χ1) is 12.6. The molecule has 0 aromatic heterocycles. The van der Waals surface area contributed by atoms with Crippen molar-refractivity contribution in [2.75, 3.05) is 0 Å². The largest absolute Gasteiger partial charge is 0.505 e. The standard InChI is InChI=1S/C21H15FN2O2/c22-17-11-13-18(14-12-17)23-24-19(20(25)15-7-3-1-4-8-15)21(26)16-9-5-2-6-10-16/h1-14,25H/b20-19-,24-23?. The van der Waals surface area contributed by atoms with Gasteiger partial charge < -0.3 is 5.11 Å². The fraction of sp³-hybridized carbons (Fsp3) is 0. The number of azo groups is 1. The number of nitrogens with zero attached hydrogens (tertiary/aromatic N) is 2. The molecule has 0 amide bonds. The van der Waals surface area contributed by atoms with Gasteiger partial charge in [0.05, 0.1) is 5.69 Å². The molecule has 0 saturated heterocycles. The number of benzene rings is 3. The van der Waals surface area contributed by atoms with Gasteiger partial charge in [-0.15, -0.1) is 5.11 Å². The minimum Gasteiger partial charge on any atom is -0.505 e. The molecule has 0 unspecified atom stereocenters. The van der Waals surface area contributed by atoms with Crippen LogP contribution < -0.4 is 0 Å². The fourth-order valence-electron chi connectivity index (χ4n) is 2.27. The van der Waals surface area contributed by atoms with Crippen molar-refractivity contribution in [1.82, 2.24) is 0 Å². The average Bonchev–Trinajstić information content (AvgIpc) is 2.70. The summed E-state index contributed by atoms with van der Waals surface area (Å²) in [5, 5.41) is 18.5. The Morgan fingerprint density at radius 1 is 0.769 bits per heavy atom. The third-order valence-electron chi connectivity index (χ3n) is 3.61. The van der Waals surface area contributed by atoms with Crippen molar-refractivity contribution in [1.29, 1.82) is 0 Å². The maximum Gasteiger partial charge on any atom is 0.217 e. The van der Waals surface area contributed by atoms with Crippen LogP contribution in [0.3, 0.4) is 0 Å². The van der Waals surface area contributed by atoms with Crippen molar-refractivity contribution in [2.24, 2.45) is 10.2 Å². The lowest BCUT2D eigenvalue weighted by Gasteiger charge is -2.06. The van der Waals surface area contributed by atoms with Crippen molar-refractivity contribution < 1.29 is 14.3 Å². The summed E-state index contributed by atoms with van der Waals surface area (Å²) in [4.78, 5) is 12.8. The van der Waals surface area contributed by atoms with Gasteiger partial charge in [0.25, 0.3) is 0 Å². The highest BCUT2D eigenvalue weighted by Crippen LogP contribution is 2.23. The minimum absolute atomic E-state index is 0.188. The van der Waals surface area contributed by atoms with Gasteiger partial charge in [0.2, 0.25) is 5.78 Å². The smallest absolute Gasteiger partial charge is 0.217 e. The highest BCUT2D eigenvalue weighted by molar-refractivity contribution is 6.12. The topological polar surface area (TPSA) is 62.0 Å². The van der Waals surface area contributed by atoms with Gasteiger partial charge in [-0.25, -0.2) is 4.39 Å². The third kappa shape index (κ3) is 4.08. The number of rotatable bonds is 5. The van der Waals surface area contributed by atoms with Crippen LogP contribution in [-0.2, 0) is 0 Å². The molecule has 0 aliphatic carbocycles. The molecule has 0 heterocycles. The molecule has 0 spiro atoms. The number of aliphatic hydroxyl groups excluding tert-OH is 1. The molecule has 1 N–H and O–H groups in total. The summed E-state index contributed by atoms with van der Waals surface area (Å²) in [6, 6.07) is 22.5. The summed E-state index contributed by atoms with van der Waals surface area (Å²) in [5.74, 6) is -1.13. The molecule has 3 rings (SSSR count). The molecular formula is C21H15FN2O2. The van der Waals surface area contributed by atoms with Gasteiger partial charge in [0.15, 0.2) is 11.5 Å². The Morgan fingerprint density at radius 3 is 1.88 bits per heavy atom. The molecule has 3 aromatic carbocycles. The first-order valence-corrected chi connectivity index (χ1v) is 7.91. The van der Waals surface area contributed by atoms with Gasteiger partial charge in [0.1, 0.15) is 5.82 Å². The first-order valence-electron chi connectivity index (χ1n) is 7.91. The van der Waals surface area contributed by atoms with E-state index >= 15 is 0 Å². The zero-order chi connectivity index (χ0) is 18.4. The molecule has 26 heavy (non-hydrogen) atoms. The normalized spacial score (nSPS) is 12.0. The summed E-state index contributed by atoms with van der Waals surface area (Å²) in [5.41, 5.74) is 1.00. The van der Waals surface area contributed by atoms with E-state index in [1.165, 1.54) is 24.3 Å². The molecule has 0 fully saturated rings. The van der Waals surface area contributed by atoms with Gasteiger partial charge in [-0.2, -0.15) is 5.11 Å². The van der Waals surface area contributed by atoms with E-state index in [0.29, 0.717) is 16.8 Å². The second-order valence-electron chi connectivity index (χ2n) is 5.43. The van der Waals surface area contributed by atoms with Crippen molar-refractivity contribution in [2.45, 2.75) is 0 Å². The number of aliphatic hydroxyl groups is 1. The number of halogens is 1. The number of carbonyl (C=O) groups is 1. The molecule has 0 atom stereocenters. The second-order valence-corrected chi connectivity index (χ2v) is 5.43. The number of Topliss-reactive ketones (excluding diaryl/α,β-unsaturated/α-hetero) is 1. The molecule has 3 aromatic rings. The van der Waals surface area contributed by atoms with Crippen LogP contribution in [0.1, 0.15) is 15.9 Å². The third-order valence-corrected chi connectivity index (χ3v) is 3.61. The zero-order valence-corrected chi connectivity index (χ0v) is 13.7. The number of carbonyl (C=O) groups excluding carboxylic acids is 1. The summed E-state index contributed by atoms with van der Waals surface area (Å²) >= 11 is 0. The van der Waals surface area contributed by atoms with E-state index in [2.05, 4.69) is 10.2 Å². The van der Waals surface area contributed by atoms with E-state index < -0.39 is 11.6 Å². The highest BCUT2D eigenvalue weighted by atomic mass is 19.1. The van der Waals surface area contributed by atoms with Gasteiger partial charge in [-0.05, 0) is 24.3 Å². The molecule has 0 radical (unpaired) electrons. The summed E-state index contributed by atoms with van der Waals surface area (Å²) in [6.07, 6.45) is 0. The van der Waals surface area contributed by atoms with E-state index in [9.17, 15) is 14.3 Å². The predicted molar refractivity (Wildman–Crippen MR) is 97.7 cm³/mol. The Hall–Kier alpha value is -3.60. The second kappa shape index (κ2) is 7.98. The molecule has 0 bridgehead atoms. The molecule has 0 aliphatic heterocycles. The first kappa shape index (κ1) is 17.2. The maximum absolute atomic E-state index is 13.0. The lowest BCUT2D eigenvalue weighted by atomic mass is 10.1. The van der Waals surface area contributed by atoms with Gasteiger partial charge in [-0.1, -0.05) is 60.7 Å². The van der Waals surface area contributed by atoms with Gasteiger partial charge >= 0.3 is 0 Å². The van der Waals surface area contributed by atoms with Crippen LogP contribution in [0.5, 0.6) is 0 Å².